The van der Waals surface area contributed by atoms with Crippen molar-refractivity contribution in [3.05, 3.63) is 24.3 Å². The Morgan fingerprint density at radius 2 is 1.78 bits per heavy atom. The molecule has 1 saturated heterocycles. The van der Waals surface area contributed by atoms with Gasteiger partial charge in [0.15, 0.2) is 17.5 Å². The fourth-order valence-electron chi connectivity index (χ4n) is 3.10. The first-order valence-electron chi connectivity index (χ1n) is 9.85. The number of ether oxygens (including phenoxy) is 2. The van der Waals surface area contributed by atoms with Crippen molar-refractivity contribution in [1.29, 1.82) is 0 Å². The number of hydrogen-bond acceptors (Lipinski definition) is 5. The molecule has 7 nitrogen and oxygen atoms in total. The Morgan fingerprint density at radius 3 is 2.41 bits per heavy atom. The number of nitrogens with zero attached hydrogens (tertiary/aromatic N) is 3. The number of likely N-dealkylation sites (N-methyl/N-ethyl adjacent to an activating group) is 1. The minimum Gasteiger partial charge on any atom is -0.493 e. The monoisotopic (exact) mass is 377 g/mol. The molecule has 7 heteroatoms. The molecule has 27 heavy (non-hydrogen) atoms. The Hall–Kier alpha value is -1.99. The molecule has 2 rings (SSSR count). The van der Waals surface area contributed by atoms with Gasteiger partial charge in [-0.2, -0.15) is 0 Å². The molecular weight excluding hydrogens is 342 g/mol. The van der Waals surface area contributed by atoms with Crippen LogP contribution in [0.1, 0.15) is 13.8 Å². The average molecular weight is 378 g/mol. The van der Waals surface area contributed by atoms with Crippen LogP contribution >= 0.6 is 0 Å². The molecule has 1 atom stereocenters. The average Bonchev–Trinajstić information content (AvgIpc) is 2.71. The van der Waals surface area contributed by atoms with Crippen molar-refractivity contribution >= 4 is 5.96 Å². The Bertz CT molecular complexity index is 573. The molecule has 1 fully saturated rings. The van der Waals surface area contributed by atoms with Crippen LogP contribution in [-0.4, -0.2) is 88.4 Å². The van der Waals surface area contributed by atoms with E-state index in [-0.39, 0.29) is 6.10 Å². The van der Waals surface area contributed by atoms with Crippen molar-refractivity contribution in [2.45, 2.75) is 20.0 Å². The molecule has 0 radical (unpaired) electrons. The van der Waals surface area contributed by atoms with Crippen LogP contribution in [0.4, 0.5) is 0 Å². The summed E-state index contributed by atoms with van der Waals surface area (Å²) in [7, 11) is 3.44. The highest BCUT2D eigenvalue weighted by Crippen LogP contribution is 2.26. The molecule has 0 spiro atoms. The first-order chi connectivity index (χ1) is 13.2. The highest BCUT2D eigenvalue weighted by atomic mass is 16.5. The van der Waals surface area contributed by atoms with Crippen LogP contribution in [0.25, 0.3) is 0 Å². The van der Waals surface area contributed by atoms with Gasteiger partial charge >= 0.3 is 0 Å². The van der Waals surface area contributed by atoms with E-state index in [1.807, 2.05) is 31.2 Å². The van der Waals surface area contributed by atoms with Crippen molar-refractivity contribution in [3.8, 4) is 11.5 Å². The van der Waals surface area contributed by atoms with E-state index in [2.05, 4.69) is 32.3 Å². The molecule has 0 amide bonds. The van der Waals surface area contributed by atoms with Crippen molar-refractivity contribution in [2.24, 2.45) is 4.99 Å². The van der Waals surface area contributed by atoms with Crippen molar-refractivity contribution in [2.75, 3.05) is 66.5 Å². The standard InChI is InChI=1S/C20H35N5O2/c1-5-24-12-14-25(15-13-24)11-10-22-20(21-3)23-16-17(2)27-19-9-7-6-8-18(19)26-4/h6-9,17H,5,10-16H2,1-4H3,(H2,21,22,23). The van der Waals surface area contributed by atoms with Gasteiger partial charge in [-0.25, -0.2) is 0 Å². The summed E-state index contributed by atoms with van der Waals surface area (Å²) in [5.41, 5.74) is 0. The van der Waals surface area contributed by atoms with Gasteiger partial charge in [-0.3, -0.25) is 9.89 Å². The van der Waals surface area contributed by atoms with E-state index >= 15 is 0 Å². The van der Waals surface area contributed by atoms with Crippen LogP contribution in [0.15, 0.2) is 29.3 Å². The summed E-state index contributed by atoms with van der Waals surface area (Å²) in [6, 6.07) is 7.69. The molecule has 1 unspecified atom stereocenters. The third-order valence-corrected chi connectivity index (χ3v) is 4.81. The molecule has 0 aromatic heterocycles. The number of aliphatic imine (C=N–C) groups is 1. The molecular formula is C20H35N5O2. The lowest BCUT2D eigenvalue weighted by atomic mass is 10.3. The Labute approximate surface area is 163 Å². The molecule has 0 aliphatic carbocycles. The highest BCUT2D eigenvalue weighted by molar-refractivity contribution is 5.79. The van der Waals surface area contributed by atoms with Gasteiger partial charge in [-0.1, -0.05) is 19.1 Å². The molecule has 1 aromatic carbocycles. The van der Waals surface area contributed by atoms with Crippen LogP contribution in [0.2, 0.25) is 0 Å². The van der Waals surface area contributed by atoms with Crippen LogP contribution in [0.3, 0.4) is 0 Å². The van der Waals surface area contributed by atoms with E-state index in [0.717, 1.165) is 50.2 Å². The maximum atomic E-state index is 5.97. The fourth-order valence-corrected chi connectivity index (χ4v) is 3.10. The van der Waals surface area contributed by atoms with E-state index < -0.39 is 0 Å². The van der Waals surface area contributed by atoms with E-state index in [1.165, 1.54) is 13.1 Å². The maximum absolute atomic E-state index is 5.97. The molecule has 1 heterocycles. The van der Waals surface area contributed by atoms with Gasteiger partial charge in [0.05, 0.1) is 13.7 Å². The predicted octanol–water partition coefficient (Wildman–Crippen LogP) is 1.27. The zero-order chi connectivity index (χ0) is 19.5. The predicted molar refractivity (Wildman–Crippen MR) is 111 cm³/mol. The minimum atomic E-state index is -0.0121. The van der Waals surface area contributed by atoms with Gasteiger partial charge < -0.3 is 25.0 Å². The summed E-state index contributed by atoms with van der Waals surface area (Å²) in [6.07, 6.45) is -0.0121. The first kappa shape index (κ1) is 21.3. The molecule has 0 bridgehead atoms. The van der Waals surface area contributed by atoms with Crippen molar-refractivity contribution in [1.82, 2.24) is 20.4 Å². The molecule has 1 aliphatic rings. The van der Waals surface area contributed by atoms with Gasteiger partial charge in [0.25, 0.3) is 0 Å². The summed E-state index contributed by atoms with van der Waals surface area (Å²) in [5.74, 6) is 2.30. The lowest BCUT2D eigenvalue weighted by Gasteiger charge is -2.34. The second-order valence-corrected chi connectivity index (χ2v) is 6.74. The highest BCUT2D eigenvalue weighted by Gasteiger charge is 2.15. The molecule has 2 N–H and O–H groups in total. The molecule has 1 aromatic rings. The molecule has 0 saturated carbocycles. The lowest BCUT2D eigenvalue weighted by molar-refractivity contribution is 0.139. The molecule has 152 valence electrons. The Kier molecular flexibility index (Phi) is 9.21. The second kappa shape index (κ2) is 11.7. The van der Waals surface area contributed by atoms with Crippen LogP contribution in [-0.2, 0) is 0 Å². The first-order valence-corrected chi connectivity index (χ1v) is 9.85. The number of para-hydroxylation sites is 2. The quantitative estimate of drug-likeness (QED) is 0.499. The van der Waals surface area contributed by atoms with E-state index in [9.17, 15) is 0 Å². The van der Waals surface area contributed by atoms with Gasteiger partial charge in [0.2, 0.25) is 0 Å². The van der Waals surface area contributed by atoms with Gasteiger partial charge in [-0.05, 0) is 25.6 Å². The number of nitrogens with one attached hydrogen (secondary N) is 2. The lowest BCUT2D eigenvalue weighted by Crippen LogP contribution is -2.49. The van der Waals surface area contributed by atoms with Gasteiger partial charge in [0.1, 0.15) is 6.10 Å². The Morgan fingerprint density at radius 1 is 1.11 bits per heavy atom. The summed E-state index contributed by atoms with van der Waals surface area (Å²) in [4.78, 5) is 9.29. The Balaban J connectivity index is 1.66. The number of guanidine groups is 1. The van der Waals surface area contributed by atoms with Crippen LogP contribution in [0, 0.1) is 0 Å². The van der Waals surface area contributed by atoms with E-state index in [4.69, 9.17) is 9.47 Å². The number of benzene rings is 1. The van der Waals surface area contributed by atoms with Crippen molar-refractivity contribution in [3.63, 3.8) is 0 Å². The second-order valence-electron chi connectivity index (χ2n) is 6.74. The zero-order valence-corrected chi connectivity index (χ0v) is 17.2. The summed E-state index contributed by atoms with van der Waals surface area (Å²) in [6.45, 7) is 12.6. The third kappa shape index (κ3) is 7.27. The number of rotatable bonds is 9. The van der Waals surface area contributed by atoms with Crippen LogP contribution < -0.4 is 20.1 Å². The maximum Gasteiger partial charge on any atom is 0.191 e. The number of methoxy groups -OCH3 is 1. The third-order valence-electron chi connectivity index (χ3n) is 4.81. The zero-order valence-electron chi connectivity index (χ0n) is 17.2. The minimum absolute atomic E-state index is 0.0121. The van der Waals surface area contributed by atoms with Crippen LogP contribution in [0.5, 0.6) is 11.5 Å². The largest absolute Gasteiger partial charge is 0.493 e. The fraction of sp³-hybridized carbons (Fsp3) is 0.650. The van der Waals surface area contributed by atoms with E-state index in [1.54, 1.807) is 14.2 Å². The summed E-state index contributed by atoms with van der Waals surface area (Å²) in [5, 5.41) is 6.71. The number of piperazine rings is 1. The summed E-state index contributed by atoms with van der Waals surface area (Å²) >= 11 is 0. The van der Waals surface area contributed by atoms with Crippen molar-refractivity contribution < 1.29 is 9.47 Å². The number of hydrogen-bond donors (Lipinski definition) is 2. The summed E-state index contributed by atoms with van der Waals surface area (Å²) < 4.78 is 11.3. The van der Waals surface area contributed by atoms with E-state index in [0.29, 0.717) is 6.54 Å². The SMILES string of the molecule is CCN1CCN(CCNC(=NC)NCC(C)Oc2ccccc2OC)CC1. The van der Waals surface area contributed by atoms with Gasteiger partial charge in [0, 0.05) is 46.3 Å². The normalized spacial score (nSPS) is 17.4. The molecule has 1 aliphatic heterocycles. The van der Waals surface area contributed by atoms with Gasteiger partial charge in [-0.15, -0.1) is 0 Å². The topological polar surface area (TPSA) is 61.4 Å². The smallest absolute Gasteiger partial charge is 0.191 e.